The van der Waals surface area contributed by atoms with Gasteiger partial charge >= 0.3 is 0 Å². The fourth-order valence-electron chi connectivity index (χ4n) is 15.8. The molecule has 91 heavy (non-hydrogen) atoms. The molecule has 4 heteroatoms. The normalized spacial score (nSPS) is 13.5. The van der Waals surface area contributed by atoms with Crippen LogP contribution < -0.4 is 9.80 Å². The molecule has 0 N–H and O–H groups in total. The molecule has 0 amide bonds. The summed E-state index contributed by atoms with van der Waals surface area (Å²) in [5, 5.41) is 12.0. The minimum absolute atomic E-state index is 0.0354. The summed E-state index contributed by atoms with van der Waals surface area (Å²) in [6, 6.07) is 92.1. The Balaban J connectivity index is 0.973. The summed E-state index contributed by atoms with van der Waals surface area (Å²) in [5.41, 5.74) is 23.9. The van der Waals surface area contributed by atoms with Gasteiger partial charge < -0.3 is 18.6 Å². The van der Waals surface area contributed by atoms with Crippen LogP contribution in [0.1, 0.15) is 126 Å². The molecule has 0 saturated heterocycles. The van der Waals surface area contributed by atoms with Crippen molar-refractivity contribution in [2.45, 2.75) is 97.3 Å². The first-order valence-electron chi connectivity index (χ1n) is 32.5. The van der Waals surface area contributed by atoms with Crippen LogP contribution in [0.15, 0.2) is 251 Å². The summed E-state index contributed by atoms with van der Waals surface area (Å²) in [4.78, 5) is 4.91. The minimum atomic E-state index is -0.790. The van der Waals surface area contributed by atoms with Gasteiger partial charge in [-0.2, -0.15) is 0 Å². The van der Waals surface area contributed by atoms with Gasteiger partial charge in [-0.15, -0.1) is 0 Å². The predicted octanol–water partition coefficient (Wildman–Crippen LogP) is 25.1. The first-order chi connectivity index (χ1) is 44.1. The zero-order chi connectivity index (χ0) is 62.0. The van der Waals surface area contributed by atoms with Gasteiger partial charge in [0.05, 0.1) is 16.8 Å². The van der Waals surface area contributed by atoms with E-state index in [1.165, 1.54) is 99.1 Å². The number of furan rings is 2. The van der Waals surface area contributed by atoms with E-state index in [1.54, 1.807) is 0 Å². The number of fused-ring (bicyclic) bond motifs is 22. The topological polar surface area (TPSA) is 32.8 Å². The van der Waals surface area contributed by atoms with Gasteiger partial charge in [-0.25, -0.2) is 0 Å². The summed E-state index contributed by atoms with van der Waals surface area (Å²) in [6.07, 6.45) is 0. The van der Waals surface area contributed by atoms with Crippen molar-refractivity contribution < 1.29 is 8.83 Å². The number of nitrogens with zero attached hydrogens (tertiary/aromatic N) is 2. The highest BCUT2D eigenvalue weighted by Crippen LogP contribution is 2.65. The number of anilines is 6. The smallest absolute Gasteiger partial charge is 0.159 e. The molecule has 2 aliphatic carbocycles. The molecular weight excluding hydrogens is 1100 g/mol. The molecule has 0 unspecified atom stereocenters. The van der Waals surface area contributed by atoms with E-state index in [0.29, 0.717) is 0 Å². The van der Waals surface area contributed by atoms with Gasteiger partial charge in [0.1, 0.15) is 11.2 Å². The molecule has 0 atom stereocenters. The molecule has 0 fully saturated rings. The van der Waals surface area contributed by atoms with Gasteiger partial charge in [-0.1, -0.05) is 239 Å². The van der Waals surface area contributed by atoms with Gasteiger partial charge in [0.15, 0.2) is 11.2 Å². The highest BCUT2D eigenvalue weighted by molar-refractivity contribution is 6.26. The average Bonchev–Trinajstić information content (AvgIpc) is 1.51. The zero-order valence-electron chi connectivity index (χ0n) is 53.5. The van der Waals surface area contributed by atoms with E-state index in [-0.39, 0.29) is 22.7 Å². The third-order valence-corrected chi connectivity index (χ3v) is 20.3. The van der Waals surface area contributed by atoms with E-state index in [4.69, 9.17) is 8.83 Å². The molecule has 17 rings (SSSR count). The van der Waals surface area contributed by atoms with Crippen molar-refractivity contribution in [2.24, 2.45) is 0 Å². The Labute approximate surface area is 532 Å². The van der Waals surface area contributed by atoms with Crippen LogP contribution in [0, 0.1) is 0 Å². The van der Waals surface area contributed by atoms with Crippen LogP contribution >= 0.6 is 0 Å². The van der Waals surface area contributed by atoms with Crippen molar-refractivity contribution in [3.63, 3.8) is 0 Å². The highest BCUT2D eigenvalue weighted by atomic mass is 16.3. The third-order valence-electron chi connectivity index (χ3n) is 20.3. The SMILES string of the molecule is CC(C)c1cccc2c1oc1c(N(c3ccc(C(C)(C)C)cc3)c3ccc4c(c3)C3(c5ccccc5-c5cc6c7ccccc7c7ccccc7c6cc53)c3cc(N(c5ccc(C(C)(C)C)cc5)c5cccc6c5oc5c(C(C)C)cccc56)ccc3-4)cccc12. The van der Waals surface area contributed by atoms with Gasteiger partial charge in [-0.3, -0.25) is 0 Å². The second-order valence-electron chi connectivity index (χ2n) is 28.3. The van der Waals surface area contributed by atoms with Crippen LogP contribution in [-0.2, 0) is 16.2 Å². The molecule has 0 saturated carbocycles. The summed E-state index contributed by atoms with van der Waals surface area (Å²) >= 11 is 0. The lowest BCUT2D eigenvalue weighted by Gasteiger charge is -2.33. The molecule has 442 valence electrons. The van der Waals surface area contributed by atoms with Crippen molar-refractivity contribution in [1.82, 2.24) is 0 Å². The van der Waals surface area contributed by atoms with E-state index in [9.17, 15) is 0 Å². The number of para-hydroxylation sites is 4. The van der Waals surface area contributed by atoms with Crippen LogP contribution in [-0.4, -0.2) is 0 Å². The Bertz CT molecular complexity index is 5270. The molecule has 0 radical (unpaired) electrons. The monoisotopic (exact) mass is 1180 g/mol. The Morgan fingerprint density at radius 1 is 0.286 bits per heavy atom. The predicted molar refractivity (Wildman–Crippen MR) is 385 cm³/mol. The molecule has 13 aromatic carbocycles. The largest absolute Gasteiger partial charge is 0.454 e. The quantitative estimate of drug-likeness (QED) is 0.142. The van der Waals surface area contributed by atoms with E-state index in [2.05, 4.69) is 322 Å². The highest BCUT2D eigenvalue weighted by Gasteiger charge is 2.53. The van der Waals surface area contributed by atoms with Crippen LogP contribution in [0.25, 0.3) is 98.4 Å². The lowest BCUT2D eigenvalue weighted by molar-refractivity contribution is 0.590. The Morgan fingerprint density at radius 2 is 0.637 bits per heavy atom. The maximum Gasteiger partial charge on any atom is 0.159 e. The molecule has 15 aromatic rings. The van der Waals surface area contributed by atoms with E-state index < -0.39 is 5.41 Å². The van der Waals surface area contributed by atoms with Gasteiger partial charge in [0.25, 0.3) is 0 Å². The van der Waals surface area contributed by atoms with Crippen molar-refractivity contribution in [3.05, 3.63) is 287 Å². The van der Waals surface area contributed by atoms with Crippen LogP contribution in [0.4, 0.5) is 34.1 Å². The van der Waals surface area contributed by atoms with Crippen molar-refractivity contribution in [2.75, 3.05) is 9.80 Å². The van der Waals surface area contributed by atoms with Crippen molar-refractivity contribution >= 4 is 110 Å². The second kappa shape index (κ2) is 19.9. The Kier molecular flexibility index (Phi) is 12.0. The fourth-order valence-corrected chi connectivity index (χ4v) is 15.8. The molecule has 0 aliphatic heterocycles. The fraction of sp³-hybridized carbons (Fsp3) is 0.172. The maximum absolute atomic E-state index is 7.25. The van der Waals surface area contributed by atoms with Crippen LogP contribution in [0.2, 0.25) is 0 Å². The molecule has 2 aliphatic rings. The maximum atomic E-state index is 7.25. The van der Waals surface area contributed by atoms with E-state index >= 15 is 0 Å². The van der Waals surface area contributed by atoms with Gasteiger partial charge in [0, 0.05) is 44.3 Å². The van der Waals surface area contributed by atoms with E-state index in [0.717, 1.165) is 78.0 Å². The van der Waals surface area contributed by atoms with Crippen molar-refractivity contribution in [1.29, 1.82) is 0 Å². The first kappa shape index (κ1) is 54.9. The molecule has 2 heterocycles. The van der Waals surface area contributed by atoms with Crippen molar-refractivity contribution in [3.8, 4) is 22.3 Å². The summed E-state index contributed by atoms with van der Waals surface area (Å²) in [6.45, 7) is 22.8. The lowest BCUT2D eigenvalue weighted by atomic mass is 9.70. The Morgan fingerprint density at radius 3 is 1.08 bits per heavy atom. The number of benzene rings is 13. The minimum Gasteiger partial charge on any atom is -0.454 e. The number of hydrogen-bond donors (Lipinski definition) is 0. The molecule has 2 aromatic heterocycles. The van der Waals surface area contributed by atoms with E-state index in [1.807, 2.05) is 0 Å². The van der Waals surface area contributed by atoms with Crippen LogP contribution in [0.3, 0.4) is 0 Å². The third kappa shape index (κ3) is 8.07. The molecule has 1 spiro atoms. The standard InChI is InChI=1S/C87H72N2O2/c1-51(2)59-26-17-28-68-70-30-19-33-79(83(70)90-81(59)68)88(55-39-35-53(36-40-55)85(5,6)7)57-43-45-66-67-46-44-58(89(56-41-37-54(38-42-56)86(8,9)10)80-34-20-31-71-69-29-18-27-60(52(3)4)82(69)91-84(71)80)48-77(67)87(76(66)47-57)75-32-16-15-25-65(75)74-49-72-63-23-13-11-21-61(63)62-22-12-14-24-64(62)73(72)50-78(74)87/h11-52H,1-10H3. The molecule has 4 nitrogen and oxygen atoms in total. The zero-order valence-corrected chi connectivity index (χ0v) is 53.5. The first-order valence-corrected chi connectivity index (χ1v) is 32.5. The second-order valence-corrected chi connectivity index (χ2v) is 28.3. The Hall–Kier alpha value is -10.2. The van der Waals surface area contributed by atoms with Crippen LogP contribution in [0.5, 0.6) is 0 Å². The van der Waals surface area contributed by atoms with Gasteiger partial charge in [-0.05, 0) is 195 Å². The molecular formula is C87H72N2O2. The summed E-state index contributed by atoms with van der Waals surface area (Å²) < 4.78 is 14.5. The molecule has 0 bridgehead atoms. The average molecular weight is 1180 g/mol. The number of rotatable bonds is 8. The van der Waals surface area contributed by atoms with Gasteiger partial charge in [0.2, 0.25) is 0 Å². The lowest BCUT2D eigenvalue weighted by Crippen LogP contribution is -2.26. The number of hydrogen-bond acceptors (Lipinski definition) is 4. The summed E-state index contributed by atoms with van der Waals surface area (Å²) in [5.74, 6) is 0.570. The summed E-state index contributed by atoms with van der Waals surface area (Å²) in [7, 11) is 0.